The van der Waals surface area contributed by atoms with E-state index in [1.807, 2.05) is 25.7 Å². The molecule has 0 bridgehead atoms. The Morgan fingerprint density at radius 1 is 1.26 bits per heavy atom. The van der Waals surface area contributed by atoms with Gasteiger partial charge in [0.1, 0.15) is 5.60 Å². The van der Waals surface area contributed by atoms with E-state index in [0.717, 1.165) is 25.7 Å². The van der Waals surface area contributed by atoms with Crippen LogP contribution in [0.4, 0.5) is 4.79 Å². The van der Waals surface area contributed by atoms with Gasteiger partial charge in [0.25, 0.3) is 0 Å². The Hall–Kier alpha value is -2.12. The van der Waals surface area contributed by atoms with Crippen LogP contribution in [0.2, 0.25) is 0 Å². The molecule has 8 nitrogen and oxygen atoms in total. The summed E-state index contributed by atoms with van der Waals surface area (Å²) in [6.45, 7) is 9.60. The fourth-order valence-corrected chi connectivity index (χ4v) is 3.02. The van der Waals surface area contributed by atoms with E-state index in [2.05, 4.69) is 22.4 Å². The molecule has 0 aromatic carbocycles. The summed E-state index contributed by atoms with van der Waals surface area (Å²) < 4.78 is 10.4. The molecule has 0 atom stereocenters. The second-order valence-electron chi connectivity index (χ2n) is 8.06. The summed E-state index contributed by atoms with van der Waals surface area (Å²) in [7, 11) is 0. The summed E-state index contributed by atoms with van der Waals surface area (Å²) in [6.07, 6.45) is 4.00. The molecule has 0 aliphatic carbocycles. The number of likely N-dealkylation sites (tertiary alicyclic amines) is 1. The quantitative estimate of drug-likeness (QED) is 0.781. The topological polar surface area (TPSA) is 97.6 Å². The Bertz CT molecular complexity index is 615. The van der Waals surface area contributed by atoms with Crippen LogP contribution in [0.5, 0.6) is 0 Å². The Kier molecular flexibility index (Phi) is 7.62. The van der Waals surface area contributed by atoms with Crippen LogP contribution in [0.15, 0.2) is 4.52 Å². The van der Waals surface area contributed by atoms with Crippen LogP contribution in [-0.4, -0.2) is 52.3 Å². The highest BCUT2D eigenvalue weighted by Crippen LogP contribution is 2.18. The van der Waals surface area contributed by atoms with Gasteiger partial charge in [0.2, 0.25) is 11.8 Å². The van der Waals surface area contributed by atoms with Crippen molar-refractivity contribution in [2.24, 2.45) is 5.92 Å². The normalized spacial score (nSPS) is 15.6. The number of rotatable bonds is 7. The van der Waals surface area contributed by atoms with E-state index in [9.17, 15) is 9.59 Å². The number of aromatic nitrogens is 2. The highest BCUT2D eigenvalue weighted by Gasteiger charge is 2.24. The molecule has 1 aliphatic heterocycles. The van der Waals surface area contributed by atoms with E-state index >= 15 is 0 Å². The van der Waals surface area contributed by atoms with Gasteiger partial charge >= 0.3 is 6.09 Å². The van der Waals surface area contributed by atoms with Crippen molar-refractivity contribution in [2.75, 3.05) is 19.6 Å². The number of carbonyl (C=O) groups excluding carboxylic acids is 2. The lowest BCUT2D eigenvalue weighted by Crippen LogP contribution is -2.42. The second kappa shape index (κ2) is 9.71. The standard InChI is InChI=1S/C19H32N4O4/c1-5-6-15-21-16(27-22-15)7-8-17(24)23-11-9-14(10-12-23)13-20-18(25)26-19(2,3)4/h14H,5-13H2,1-4H3,(H,20,25). The maximum Gasteiger partial charge on any atom is 0.407 e. The van der Waals surface area contributed by atoms with Crippen LogP contribution in [0.1, 0.15) is 65.1 Å². The number of aryl methyl sites for hydroxylation is 2. The summed E-state index contributed by atoms with van der Waals surface area (Å²) in [4.78, 5) is 30.3. The lowest BCUT2D eigenvalue weighted by molar-refractivity contribution is -0.132. The number of carbonyl (C=O) groups is 2. The zero-order valence-electron chi connectivity index (χ0n) is 16.9. The van der Waals surface area contributed by atoms with E-state index in [1.165, 1.54) is 0 Å². The van der Waals surface area contributed by atoms with Gasteiger partial charge in [-0.3, -0.25) is 4.79 Å². The summed E-state index contributed by atoms with van der Waals surface area (Å²) in [5.41, 5.74) is -0.491. The molecular weight excluding hydrogens is 348 g/mol. The zero-order chi connectivity index (χ0) is 19.9. The summed E-state index contributed by atoms with van der Waals surface area (Å²) in [6, 6.07) is 0. The van der Waals surface area contributed by atoms with E-state index in [4.69, 9.17) is 9.26 Å². The second-order valence-corrected chi connectivity index (χ2v) is 8.06. The molecule has 1 fully saturated rings. The van der Waals surface area contributed by atoms with Crippen molar-refractivity contribution in [1.82, 2.24) is 20.4 Å². The minimum Gasteiger partial charge on any atom is -0.444 e. The summed E-state index contributed by atoms with van der Waals surface area (Å²) in [5, 5.41) is 6.73. The monoisotopic (exact) mass is 380 g/mol. The summed E-state index contributed by atoms with van der Waals surface area (Å²) >= 11 is 0. The molecule has 1 N–H and O–H groups in total. The highest BCUT2D eigenvalue weighted by atomic mass is 16.6. The van der Waals surface area contributed by atoms with Crippen LogP contribution in [0, 0.1) is 5.92 Å². The number of hydrogen-bond donors (Lipinski definition) is 1. The first-order valence-electron chi connectivity index (χ1n) is 9.83. The van der Waals surface area contributed by atoms with E-state index in [0.29, 0.717) is 50.1 Å². The predicted molar refractivity (Wildman–Crippen MR) is 100 cm³/mol. The Morgan fingerprint density at radius 2 is 1.96 bits per heavy atom. The van der Waals surface area contributed by atoms with Crippen LogP contribution in [0.25, 0.3) is 0 Å². The Labute approximate surface area is 161 Å². The molecule has 0 spiro atoms. The molecule has 0 radical (unpaired) electrons. The van der Waals surface area contributed by atoms with Gasteiger partial charge in [-0.05, 0) is 46.0 Å². The van der Waals surface area contributed by atoms with E-state index in [1.54, 1.807) is 0 Å². The molecule has 27 heavy (non-hydrogen) atoms. The number of alkyl carbamates (subject to hydrolysis) is 1. The molecule has 2 amide bonds. The lowest BCUT2D eigenvalue weighted by atomic mass is 9.96. The van der Waals surface area contributed by atoms with Crippen molar-refractivity contribution in [3.05, 3.63) is 11.7 Å². The molecule has 1 saturated heterocycles. The van der Waals surface area contributed by atoms with Gasteiger partial charge in [-0.15, -0.1) is 0 Å². The van der Waals surface area contributed by atoms with Gasteiger partial charge < -0.3 is 19.5 Å². The van der Waals surface area contributed by atoms with Crippen LogP contribution >= 0.6 is 0 Å². The number of amides is 2. The number of hydrogen-bond acceptors (Lipinski definition) is 6. The Balaban J connectivity index is 1.65. The first-order chi connectivity index (χ1) is 12.8. The van der Waals surface area contributed by atoms with Gasteiger partial charge in [0, 0.05) is 38.9 Å². The molecule has 1 aliphatic rings. The molecule has 2 heterocycles. The lowest BCUT2D eigenvalue weighted by Gasteiger charge is -2.32. The molecule has 2 rings (SSSR count). The largest absolute Gasteiger partial charge is 0.444 e. The predicted octanol–water partition coefficient (Wildman–Crippen LogP) is 2.72. The van der Waals surface area contributed by atoms with Crippen molar-refractivity contribution >= 4 is 12.0 Å². The smallest absolute Gasteiger partial charge is 0.407 e. The fourth-order valence-electron chi connectivity index (χ4n) is 3.02. The van der Waals surface area contributed by atoms with Crippen molar-refractivity contribution in [3.63, 3.8) is 0 Å². The van der Waals surface area contributed by atoms with E-state index in [-0.39, 0.29) is 12.0 Å². The van der Waals surface area contributed by atoms with E-state index < -0.39 is 5.60 Å². The maximum absolute atomic E-state index is 12.4. The summed E-state index contributed by atoms with van der Waals surface area (Å²) in [5.74, 6) is 1.72. The van der Waals surface area contributed by atoms with Crippen molar-refractivity contribution in [2.45, 2.75) is 71.8 Å². The SMILES string of the molecule is CCCc1noc(CCC(=O)N2CCC(CNC(=O)OC(C)(C)C)CC2)n1. The van der Waals surface area contributed by atoms with Gasteiger partial charge in [0.15, 0.2) is 5.82 Å². The molecular formula is C19H32N4O4. The van der Waals surface area contributed by atoms with Crippen molar-refractivity contribution in [3.8, 4) is 0 Å². The number of nitrogens with one attached hydrogen (secondary N) is 1. The van der Waals surface area contributed by atoms with Gasteiger partial charge in [-0.1, -0.05) is 12.1 Å². The molecule has 1 aromatic heterocycles. The van der Waals surface area contributed by atoms with Gasteiger partial charge in [0.05, 0.1) is 0 Å². The van der Waals surface area contributed by atoms with Crippen molar-refractivity contribution in [1.29, 1.82) is 0 Å². The minimum atomic E-state index is -0.491. The Morgan fingerprint density at radius 3 is 2.59 bits per heavy atom. The average Bonchev–Trinajstić information content (AvgIpc) is 3.05. The van der Waals surface area contributed by atoms with Crippen LogP contribution in [-0.2, 0) is 22.4 Å². The molecule has 1 aromatic rings. The third-order valence-electron chi connectivity index (χ3n) is 4.44. The van der Waals surface area contributed by atoms with Crippen LogP contribution < -0.4 is 5.32 Å². The highest BCUT2D eigenvalue weighted by molar-refractivity contribution is 5.76. The van der Waals surface area contributed by atoms with Gasteiger partial charge in [-0.2, -0.15) is 4.98 Å². The van der Waals surface area contributed by atoms with Gasteiger partial charge in [-0.25, -0.2) is 4.79 Å². The van der Waals surface area contributed by atoms with Crippen molar-refractivity contribution < 1.29 is 18.8 Å². The molecule has 0 saturated carbocycles. The molecule has 152 valence electrons. The maximum atomic E-state index is 12.4. The molecule has 0 unspecified atom stereocenters. The zero-order valence-corrected chi connectivity index (χ0v) is 16.9. The third kappa shape index (κ3) is 7.56. The minimum absolute atomic E-state index is 0.115. The fraction of sp³-hybridized carbons (Fsp3) is 0.789. The number of piperidine rings is 1. The number of nitrogens with zero attached hydrogens (tertiary/aromatic N) is 3. The average molecular weight is 380 g/mol. The third-order valence-corrected chi connectivity index (χ3v) is 4.44. The number of ether oxygens (including phenoxy) is 1. The first-order valence-corrected chi connectivity index (χ1v) is 9.83. The first kappa shape index (κ1) is 21.2. The van der Waals surface area contributed by atoms with Crippen LogP contribution in [0.3, 0.4) is 0 Å². The molecule has 8 heteroatoms.